The third-order valence-corrected chi connectivity index (χ3v) is 6.93. The fraction of sp³-hybridized carbons (Fsp3) is 0.375. The highest BCUT2D eigenvalue weighted by molar-refractivity contribution is 5.92. The Morgan fingerprint density at radius 2 is 1.55 bits per heavy atom. The molecule has 2 aliphatic heterocycles. The summed E-state index contributed by atoms with van der Waals surface area (Å²) in [5.41, 5.74) is 3.52. The van der Waals surface area contributed by atoms with Gasteiger partial charge in [0, 0.05) is 50.4 Å². The molecular formula is C24H26FN3O. The molecular weight excluding hydrogens is 365 g/mol. The van der Waals surface area contributed by atoms with Crippen molar-refractivity contribution in [1.29, 1.82) is 0 Å². The summed E-state index contributed by atoms with van der Waals surface area (Å²) in [7, 11) is 1.84. The first-order valence-corrected chi connectivity index (χ1v) is 10.4. The van der Waals surface area contributed by atoms with E-state index in [4.69, 9.17) is 0 Å². The lowest BCUT2D eigenvalue weighted by atomic mass is 9.77. The Morgan fingerprint density at radius 1 is 0.897 bits per heavy atom. The predicted octanol–water partition coefficient (Wildman–Crippen LogP) is 4.17. The zero-order chi connectivity index (χ0) is 20.0. The maximum absolute atomic E-state index is 13.2. The van der Waals surface area contributed by atoms with Gasteiger partial charge in [-0.2, -0.15) is 0 Å². The van der Waals surface area contributed by atoms with E-state index in [2.05, 4.69) is 15.9 Å². The average Bonchev–Trinajstić information content (AvgIpc) is 3.15. The highest BCUT2D eigenvalue weighted by atomic mass is 19.1. The van der Waals surface area contributed by atoms with Gasteiger partial charge in [0.05, 0.1) is 11.2 Å². The lowest BCUT2D eigenvalue weighted by molar-refractivity contribution is 0.251. The van der Waals surface area contributed by atoms with Crippen LogP contribution >= 0.6 is 0 Å². The van der Waals surface area contributed by atoms with E-state index in [9.17, 15) is 9.18 Å². The largest absolute Gasteiger partial charge is 0.371 e. The molecule has 150 valence electrons. The van der Waals surface area contributed by atoms with Gasteiger partial charge in [0.15, 0.2) is 0 Å². The lowest BCUT2D eigenvalue weighted by Crippen LogP contribution is -2.42. The van der Waals surface area contributed by atoms with Gasteiger partial charge in [-0.3, -0.25) is 4.79 Å². The van der Waals surface area contributed by atoms with Gasteiger partial charge in [-0.15, -0.1) is 0 Å². The first kappa shape index (κ1) is 18.2. The standard InChI is InChI=1S/C24H26FN3O/c1-26-21-5-3-2-4-20(21)22(16-23(26)29)27-13-10-24(11-14-27)12-15-28(17-24)19-8-6-18(25)7-9-19/h2-9,16H,10-15,17H2,1H3. The monoisotopic (exact) mass is 391 g/mol. The molecule has 4 nitrogen and oxygen atoms in total. The van der Waals surface area contributed by atoms with E-state index in [1.165, 1.54) is 6.42 Å². The Kier molecular flexibility index (Phi) is 4.34. The number of aryl methyl sites for hydroxylation is 1. The van der Waals surface area contributed by atoms with Crippen LogP contribution in [0.4, 0.5) is 15.8 Å². The molecule has 2 aliphatic rings. The summed E-state index contributed by atoms with van der Waals surface area (Å²) in [6.07, 6.45) is 3.41. The lowest BCUT2D eigenvalue weighted by Gasteiger charge is -2.40. The van der Waals surface area contributed by atoms with Crippen molar-refractivity contribution in [2.45, 2.75) is 19.3 Å². The van der Waals surface area contributed by atoms with Gasteiger partial charge in [-0.05, 0) is 55.0 Å². The molecule has 0 aliphatic carbocycles. The van der Waals surface area contributed by atoms with Crippen molar-refractivity contribution in [2.75, 3.05) is 36.0 Å². The number of anilines is 2. The van der Waals surface area contributed by atoms with Crippen LogP contribution in [0.1, 0.15) is 19.3 Å². The van der Waals surface area contributed by atoms with Crippen molar-refractivity contribution in [3.63, 3.8) is 0 Å². The number of para-hydroxylation sites is 1. The van der Waals surface area contributed by atoms with E-state index < -0.39 is 0 Å². The maximum Gasteiger partial charge on any atom is 0.252 e. The number of pyridine rings is 1. The molecule has 0 N–H and O–H groups in total. The minimum absolute atomic E-state index is 0.0438. The quantitative estimate of drug-likeness (QED) is 0.656. The maximum atomic E-state index is 13.2. The summed E-state index contributed by atoms with van der Waals surface area (Å²) in [4.78, 5) is 17.2. The molecule has 5 rings (SSSR count). The molecule has 1 spiro atoms. The van der Waals surface area contributed by atoms with Crippen molar-refractivity contribution < 1.29 is 4.39 Å². The second-order valence-corrected chi connectivity index (χ2v) is 8.58. The zero-order valence-electron chi connectivity index (χ0n) is 16.8. The molecule has 3 heterocycles. The SMILES string of the molecule is Cn1c(=O)cc(N2CCC3(CCN(c4ccc(F)cc4)C3)CC2)c2ccccc21. The minimum Gasteiger partial charge on any atom is -0.371 e. The summed E-state index contributed by atoms with van der Waals surface area (Å²) < 4.78 is 15.0. The Hall–Kier alpha value is -2.82. The van der Waals surface area contributed by atoms with E-state index >= 15 is 0 Å². The Labute approximate surface area is 170 Å². The van der Waals surface area contributed by atoms with E-state index in [1.807, 2.05) is 37.4 Å². The first-order valence-electron chi connectivity index (χ1n) is 10.4. The number of rotatable bonds is 2. The normalized spacial score (nSPS) is 18.7. The molecule has 0 atom stereocenters. The molecule has 0 radical (unpaired) electrons. The Morgan fingerprint density at radius 3 is 2.28 bits per heavy atom. The first-order chi connectivity index (χ1) is 14.0. The van der Waals surface area contributed by atoms with Crippen molar-refractivity contribution in [2.24, 2.45) is 12.5 Å². The smallest absolute Gasteiger partial charge is 0.252 e. The molecule has 0 bridgehead atoms. The fourth-order valence-corrected chi connectivity index (χ4v) is 5.09. The molecule has 5 heteroatoms. The third-order valence-electron chi connectivity index (χ3n) is 6.93. The average molecular weight is 391 g/mol. The van der Waals surface area contributed by atoms with Crippen LogP contribution in [0, 0.1) is 11.2 Å². The predicted molar refractivity (Wildman–Crippen MR) is 116 cm³/mol. The molecule has 2 fully saturated rings. The third kappa shape index (κ3) is 3.18. The summed E-state index contributed by atoms with van der Waals surface area (Å²) in [5.74, 6) is -0.183. The Bertz CT molecular complexity index is 1100. The van der Waals surface area contributed by atoms with Crippen molar-refractivity contribution in [1.82, 2.24) is 4.57 Å². The fourth-order valence-electron chi connectivity index (χ4n) is 5.09. The van der Waals surface area contributed by atoms with Crippen LogP contribution in [-0.4, -0.2) is 30.7 Å². The van der Waals surface area contributed by atoms with Crippen LogP contribution in [0.2, 0.25) is 0 Å². The van der Waals surface area contributed by atoms with E-state index in [1.54, 1.807) is 22.8 Å². The van der Waals surface area contributed by atoms with Gasteiger partial charge in [0.1, 0.15) is 5.82 Å². The summed E-state index contributed by atoms with van der Waals surface area (Å²) in [5, 5.41) is 1.14. The van der Waals surface area contributed by atoms with E-state index in [0.29, 0.717) is 5.41 Å². The van der Waals surface area contributed by atoms with E-state index in [0.717, 1.165) is 61.3 Å². The van der Waals surface area contributed by atoms with Crippen LogP contribution in [0.3, 0.4) is 0 Å². The highest BCUT2D eigenvalue weighted by Crippen LogP contribution is 2.43. The number of hydrogen-bond acceptors (Lipinski definition) is 3. The van der Waals surface area contributed by atoms with Crippen molar-refractivity contribution in [3.8, 4) is 0 Å². The second-order valence-electron chi connectivity index (χ2n) is 8.58. The summed E-state index contributed by atoms with van der Waals surface area (Å²) in [6.45, 7) is 3.99. The Balaban J connectivity index is 1.35. The molecule has 1 aromatic heterocycles. The molecule has 2 saturated heterocycles. The molecule has 3 aromatic rings. The van der Waals surface area contributed by atoms with Crippen molar-refractivity contribution >= 4 is 22.3 Å². The molecule has 29 heavy (non-hydrogen) atoms. The zero-order valence-corrected chi connectivity index (χ0v) is 16.8. The number of benzene rings is 2. The van der Waals surface area contributed by atoms with Gasteiger partial charge in [-0.1, -0.05) is 18.2 Å². The topological polar surface area (TPSA) is 28.5 Å². The minimum atomic E-state index is -0.183. The summed E-state index contributed by atoms with van der Waals surface area (Å²) in [6, 6.07) is 16.8. The summed E-state index contributed by atoms with van der Waals surface area (Å²) >= 11 is 0. The number of aromatic nitrogens is 1. The number of nitrogens with zero attached hydrogens (tertiary/aromatic N) is 3. The van der Waals surface area contributed by atoms with Gasteiger partial charge in [0.25, 0.3) is 5.56 Å². The highest BCUT2D eigenvalue weighted by Gasteiger charge is 2.40. The number of halogens is 1. The van der Waals surface area contributed by atoms with Gasteiger partial charge >= 0.3 is 0 Å². The van der Waals surface area contributed by atoms with Gasteiger partial charge < -0.3 is 14.4 Å². The van der Waals surface area contributed by atoms with Crippen LogP contribution in [0.15, 0.2) is 59.4 Å². The van der Waals surface area contributed by atoms with Gasteiger partial charge in [0.2, 0.25) is 0 Å². The number of piperidine rings is 1. The molecule has 0 unspecified atom stereocenters. The molecule has 2 aromatic carbocycles. The van der Waals surface area contributed by atoms with Crippen molar-refractivity contribution in [3.05, 3.63) is 70.8 Å². The molecule has 0 amide bonds. The van der Waals surface area contributed by atoms with Crippen LogP contribution in [-0.2, 0) is 7.05 Å². The molecule has 0 saturated carbocycles. The number of fused-ring (bicyclic) bond motifs is 1. The van der Waals surface area contributed by atoms with E-state index in [-0.39, 0.29) is 11.4 Å². The second kappa shape index (κ2) is 6.90. The van der Waals surface area contributed by atoms with Crippen LogP contribution in [0.25, 0.3) is 10.9 Å². The van der Waals surface area contributed by atoms with Crippen LogP contribution < -0.4 is 15.4 Å². The van der Waals surface area contributed by atoms with Crippen LogP contribution in [0.5, 0.6) is 0 Å². The van der Waals surface area contributed by atoms with Gasteiger partial charge in [-0.25, -0.2) is 4.39 Å². The number of hydrogen-bond donors (Lipinski definition) is 0.